The van der Waals surface area contributed by atoms with E-state index in [1.165, 1.54) is 0 Å². The maximum absolute atomic E-state index is 12.3. The number of ketones is 1. The molecule has 88 valence electrons. The van der Waals surface area contributed by atoms with Gasteiger partial charge < -0.3 is 0 Å². The molecule has 0 saturated carbocycles. The number of carbonyl (C=O) groups is 1. The molecule has 0 radical (unpaired) electrons. The summed E-state index contributed by atoms with van der Waals surface area (Å²) >= 11 is 0. The van der Waals surface area contributed by atoms with Crippen molar-refractivity contribution in [2.75, 3.05) is 7.05 Å². The smallest absolute Gasteiger partial charge is 0.179 e. The lowest BCUT2D eigenvalue weighted by Crippen LogP contribution is -2.42. The fourth-order valence-corrected chi connectivity index (χ4v) is 1.81. The zero-order valence-electron chi connectivity index (χ0n) is 10.6. The summed E-state index contributed by atoms with van der Waals surface area (Å²) in [5.74, 6) is 0.222. The highest BCUT2D eigenvalue weighted by atomic mass is 16.1. The van der Waals surface area contributed by atoms with E-state index in [9.17, 15) is 4.79 Å². The normalized spacial score (nSPS) is 13.1. The molecule has 2 heteroatoms. The molecule has 0 aromatic heterocycles. The molecule has 0 N–H and O–H groups in total. The SMILES string of the molecule is CCC(C(=O)c1ccccc1)N(C)C(C)C. The molecule has 1 aromatic carbocycles. The molecular weight excluding hydrogens is 198 g/mol. The fraction of sp³-hybridized carbons (Fsp3) is 0.500. The van der Waals surface area contributed by atoms with Crippen LogP contribution in [0.1, 0.15) is 37.6 Å². The van der Waals surface area contributed by atoms with Gasteiger partial charge in [0, 0.05) is 11.6 Å². The summed E-state index contributed by atoms with van der Waals surface area (Å²) in [6.45, 7) is 6.28. The monoisotopic (exact) mass is 219 g/mol. The molecule has 1 atom stereocenters. The van der Waals surface area contributed by atoms with Gasteiger partial charge in [-0.3, -0.25) is 9.69 Å². The second-order valence-corrected chi connectivity index (χ2v) is 4.41. The van der Waals surface area contributed by atoms with Crippen molar-refractivity contribution in [1.29, 1.82) is 0 Å². The van der Waals surface area contributed by atoms with Crippen molar-refractivity contribution in [3.05, 3.63) is 35.9 Å². The molecule has 0 fully saturated rings. The Kier molecular flexibility index (Phi) is 4.69. The van der Waals surface area contributed by atoms with Gasteiger partial charge in [0.25, 0.3) is 0 Å². The quantitative estimate of drug-likeness (QED) is 0.710. The summed E-state index contributed by atoms with van der Waals surface area (Å²) in [5.41, 5.74) is 0.807. The Morgan fingerprint density at radius 2 is 1.81 bits per heavy atom. The lowest BCUT2D eigenvalue weighted by molar-refractivity contribution is 0.0808. The average Bonchev–Trinajstić information content (AvgIpc) is 2.30. The molecule has 1 rings (SSSR count). The van der Waals surface area contributed by atoms with Crippen LogP contribution in [0.5, 0.6) is 0 Å². The van der Waals surface area contributed by atoms with E-state index in [1.807, 2.05) is 37.4 Å². The van der Waals surface area contributed by atoms with Gasteiger partial charge in [-0.25, -0.2) is 0 Å². The van der Waals surface area contributed by atoms with Crippen LogP contribution in [0.2, 0.25) is 0 Å². The largest absolute Gasteiger partial charge is 0.294 e. The third kappa shape index (κ3) is 2.92. The fourth-order valence-electron chi connectivity index (χ4n) is 1.81. The van der Waals surface area contributed by atoms with Crippen molar-refractivity contribution < 1.29 is 4.79 Å². The van der Waals surface area contributed by atoms with Gasteiger partial charge in [-0.15, -0.1) is 0 Å². The van der Waals surface area contributed by atoms with Crippen LogP contribution in [0.25, 0.3) is 0 Å². The van der Waals surface area contributed by atoms with Crippen molar-refractivity contribution in [2.45, 2.75) is 39.3 Å². The Bertz CT molecular complexity index is 332. The first-order valence-corrected chi connectivity index (χ1v) is 5.89. The van der Waals surface area contributed by atoms with Crippen LogP contribution in [0.4, 0.5) is 0 Å². The predicted molar refractivity (Wildman–Crippen MR) is 67.8 cm³/mol. The molecule has 2 nitrogen and oxygen atoms in total. The van der Waals surface area contributed by atoms with E-state index in [0.29, 0.717) is 6.04 Å². The highest BCUT2D eigenvalue weighted by Crippen LogP contribution is 2.13. The van der Waals surface area contributed by atoms with Crippen molar-refractivity contribution in [2.24, 2.45) is 0 Å². The van der Waals surface area contributed by atoms with Crippen LogP contribution in [0.3, 0.4) is 0 Å². The van der Waals surface area contributed by atoms with E-state index in [2.05, 4.69) is 25.7 Å². The molecule has 0 aliphatic rings. The Morgan fingerprint density at radius 1 is 1.25 bits per heavy atom. The maximum Gasteiger partial charge on any atom is 0.179 e. The minimum Gasteiger partial charge on any atom is -0.294 e. The number of benzene rings is 1. The van der Waals surface area contributed by atoms with Crippen LogP contribution in [0.15, 0.2) is 30.3 Å². The Labute approximate surface area is 98.3 Å². The molecule has 1 aromatic rings. The van der Waals surface area contributed by atoms with Gasteiger partial charge in [-0.2, -0.15) is 0 Å². The molecule has 1 unspecified atom stereocenters. The number of Topliss-reactive ketones (excluding diaryl/α,β-unsaturated/α-hetero) is 1. The van der Waals surface area contributed by atoms with E-state index in [-0.39, 0.29) is 11.8 Å². The summed E-state index contributed by atoms with van der Waals surface area (Å²) < 4.78 is 0. The molecule has 16 heavy (non-hydrogen) atoms. The van der Waals surface area contributed by atoms with Crippen LogP contribution in [-0.4, -0.2) is 29.8 Å². The van der Waals surface area contributed by atoms with Gasteiger partial charge in [0.15, 0.2) is 5.78 Å². The lowest BCUT2D eigenvalue weighted by atomic mass is 10.0. The van der Waals surface area contributed by atoms with Gasteiger partial charge in [-0.1, -0.05) is 37.3 Å². The summed E-state index contributed by atoms with van der Waals surface area (Å²) in [6, 6.07) is 9.91. The highest BCUT2D eigenvalue weighted by molar-refractivity contribution is 6.00. The van der Waals surface area contributed by atoms with Crippen molar-refractivity contribution in [1.82, 2.24) is 4.90 Å². The van der Waals surface area contributed by atoms with Gasteiger partial charge >= 0.3 is 0 Å². The van der Waals surface area contributed by atoms with Crippen LogP contribution in [0, 0.1) is 0 Å². The van der Waals surface area contributed by atoms with Gasteiger partial charge in [-0.05, 0) is 27.3 Å². The molecule has 0 aliphatic carbocycles. The predicted octanol–water partition coefficient (Wildman–Crippen LogP) is 2.99. The molecule has 0 spiro atoms. The number of hydrogen-bond donors (Lipinski definition) is 0. The molecule has 0 heterocycles. The Hall–Kier alpha value is -1.15. The average molecular weight is 219 g/mol. The number of hydrogen-bond acceptors (Lipinski definition) is 2. The van der Waals surface area contributed by atoms with E-state index >= 15 is 0 Å². The zero-order chi connectivity index (χ0) is 12.1. The van der Waals surface area contributed by atoms with Gasteiger partial charge in [0.05, 0.1) is 6.04 Å². The molecule has 0 amide bonds. The van der Waals surface area contributed by atoms with E-state index in [1.54, 1.807) is 0 Å². The molecule has 0 saturated heterocycles. The number of nitrogens with zero attached hydrogens (tertiary/aromatic N) is 1. The maximum atomic E-state index is 12.3. The minimum absolute atomic E-state index is 0.0117. The first-order valence-electron chi connectivity index (χ1n) is 5.89. The third-order valence-electron chi connectivity index (χ3n) is 3.05. The van der Waals surface area contributed by atoms with Gasteiger partial charge in [0.1, 0.15) is 0 Å². The van der Waals surface area contributed by atoms with E-state index in [4.69, 9.17) is 0 Å². The standard InChI is InChI=1S/C14H21NO/c1-5-13(15(4)11(2)3)14(16)12-9-7-6-8-10-12/h6-11,13H,5H2,1-4H3. The zero-order valence-corrected chi connectivity index (χ0v) is 10.6. The highest BCUT2D eigenvalue weighted by Gasteiger charge is 2.23. The minimum atomic E-state index is -0.0117. The van der Waals surface area contributed by atoms with Crippen molar-refractivity contribution in [3.8, 4) is 0 Å². The van der Waals surface area contributed by atoms with Gasteiger partial charge in [0.2, 0.25) is 0 Å². The molecular formula is C14H21NO. The van der Waals surface area contributed by atoms with E-state index in [0.717, 1.165) is 12.0 Å². The van der Waals surface area contributed by atoms with Crippen LogP contribution < -0.4 is 0 Å². The van der Waals surface area contributed by atoms with Crippen LogP contribution in [-0.2, 0) is 0 Å². The molecule has 0 bridgehead atoms. The Balaban J connectivity index is 2.86. The Morgan fingerprint density at radius 3 is 2.25 bits per heavy atom. The first-order chi connectivity index (χ1) is 7.57. The lowest BCUT2D eigenvalue weighted by Gasteiger charge is -2.29. The third-order valence-corrected chi connectivity index (χ3v) is 3.05. The second-order valence-electron chi connectivity index (χ2n) is 4.41. The van der Waals surface area contributed by atoms with Crippen molar-refractivity contribution >= 4 is 5.78 Å². The van der Waals surface area contributed by atoms with Crippen molar-refractivity contribution in [3.63, 3.8) is 0 Å². The first kappa shape index (κ1) is 12.9. The topological polar surface area (TPSA) is 20.3 Å². The molecule has 0 aliphatic heterocycles. The number of likely N-dealkylation sites (N-methyl/N-ethyl adjacent to an activating group) is 1. The second kappa shape index (κ2) is 5.80. The summed E-state index contributed by atoms with van der Waals surface area (Å²) in [5, 5.41) is 0. The van der Waals surface area contributed by atoms with Crippen LogP contribution >= 0.6 is 0 Å². The number of carbonyl (C=O) groups excluding carboxylic acids is 1. The van der Waals surface area contributed by atoms with E-state index < -0.39 is 0 Å². The summed E-state index contributed by atoms with van der Waals surface area (Å²) in [7, 11) is 2.01. The number of rotatable bonds is 5. The summed E-state index contributed by atoms with van der Waals surface area (Å²) in [6.07, 6.45) is 0.850. The summed E-state index contributed by atoms with van der Waals surface area (Å²) in [4.78, 5) is 14.4.